The van der Waals surface area contributed by atoms with Crippen molar-refractivity contribution in [2.45, 2.75) is 94.7 Å². The van der Waals surface area contributed by atoms with Crippen LogP contribution in [0.3, 0.4) is 0 Å². The Balaban J connectivity index is 1.13. The van der Waals surface area contributed by atoms with Gasteiger partial charge in [0.15, 0.2) is 6.61 Å². The molecule has 2 fully saturated rings. The maximum absolute atomic E-state index is 13.0. The molecule has 21 heteroatoms. The van der Waals surface area contributed by atoms with E-state index in [0.29, 0.717) is 49.2 Å². The Morgan fingerprint density at radius 1 is 0.862 bits per heavy atom. The maximum atomic E-state index is 13.0. The minimum atomic E-state index is -4.66. The molecule has 0 radical (unpaired) electrons. The second kappa shape index (κ2) is 18.1. The van der Waals surface area contributed by atoms with Crippen LogP contribution >= 0.6 is 11.6 Å². The van der Waals surface area contributed by atoms with Gasteiger partial charge in [-0.05, 0) is 101 Å². The van der Waals surface area contributed by atoms with Crippen molar-refractivity contribution >= 4 is 59.0 Å². The summed E-state index contributed by atoms with van der Waals surface area (Å²) in [6.45, 7) is 3.01. The Hall–Kier alpha value is -5.92. The van der Waals surface area contributed by atoms with Crippen molar-refractivity contribution in [1.82, 2.24) is 36.2 Å². The van der Waals surface area contributed by atoms with E-state index >= 15 is 0 Å². The number of hydrogen-bond donors (Lipinski definition) is 7. The summed E-state index contributed by atoms with van der Waals surface area (Å²) in [4.78, 5) is 74.2. The van der Waals surface area contributed by atoms with E-state index in [-0.39, 0.29) is 29.5 Å². The first-order valence-electron chi connectivity index (χ1n) is 18.2. The van der Waals surface area contributed by atoms with E-state index in [1.807, 2.05) is 12.1 Å². The summed E-state index contributed by atoms with van der Waals surface area (Å²) in [6.07, 6.45) is -1.76. The zero-order valence-electron chi connectivity index (χ0n) is 31.7. The summed E-state index contributed by atoms with van der Waals surface area (Å²) in [7, 11) is 0. The minimum Gasteiger partial charge on any atom is -0.480 e. The molecule has 2 saturated carbocycles. The SMILES string of the molecule is CC(C)(C)OC(=O)NC1CCC(NC(=O)C(=O)NC[C@H](NC(=O)c2ccc(Nc3nc(NC4(c5ccc(Cl)cc5)CC4)nc(OCC(F)(F)F)n3)cc2)C(=O)O)CC1. The number of aliphatic carboxylic acids is 1. The highest BCUT2D eigenvalue weighted by molar-refractivity contribution is 6.35. The average molecular weight is 834 g/mol. The van der Waals surface area contributed by atoms with Crippen LogP contribution in [0.2, 0.25) is 5.02 Å². The number of carbonyl (C=O) groups is 5. The van der Waals surface area contributed by atoms with Gasteiger partial charge in [-0.3, -0.25) is 14.4 Å². The first-order chi connectivity index (χ1) is 27.3. The number of nitrogens with zero attached hydrogens (tertiary/aromatic N) is 3. The molecule has 0 saturated heterocycles. The summed E-state index contributed by atoms with van der Waals surface area (Å²) < 4.78 is 48.9. The van der Waals surface area contributed by atoms with Gasteiger partial charge in [0.25, 0.3) is 5.91 Å². The fourth-order valence-corrected chi connectivity index (χ4v) is 6.06. The third-order valence-electron chi connectivity index (χ3n) is 8.94. The van der Waals surface area contributed by atoms with Crippen molar-refractivity contribution in [3.8, 4) is 6.01 Å². The molecule has 2 aromatic carbocycles. The van der Waals surface area contributed by atoms with Crippen LogP contribution in [-0.4, -0.2) is 92.9 Å². The lowest BCUT2D eigenvalue weighted by Crippen LogP contribution is -2.52. The Morgan fingerprint density at radius 2 is 1.47 bits per heavy atom. The second-order valence-corrected chi connectivity index (χ2v) is 15.3. The summed E-state index contributed by atoms with van der Waals surface area (Å²) in [5.74, 6) is -4.59. The van der Waals surface area contributed by atoms with Gasteiger partial charge in [-0.1, -0.05) is 23.7 Å². The van der Waals surface area contributed by atoms with Crippen molar-refractivity contribution in [1.29, 1.82) is 0 Å². The molecule has 0 bridgehead atoms. The van der Waals surface area contributed by atoms with E-state index in [0.717, 1.165) is 5.56 Å². The zero-order chi connectivity index (χ0) is 42.3. The lowest BCUT2D eigenvalue weighted by molar-refractivity contribution is -0.154. The molecule has 58 heavy (non-hydrogen) atoms. The van der Waals surface area contributed by atoms with Crippen LogP contribution in [0.4, 0.5) is 35.5 Å². The molecule has 0 spiro atoms. The number of halogens is 4. The van der Waals surface area contributed by atoms with Gasteiger partial charge in [-0.25, -0.2) is 9.59 Å². The summed E-state index contributed by atoms with van der Waals surface area (Å²) in [5, 5.41) is 26.1. The summed E-state index contributed by atoms with van der Waals surface area (Å²) in [5.41, 5.74) is -0.0302. The third kappa shape index (κ3) is 13.1. The fraction of sp³-hybridized carbons (Fsp3) is 0.459. The highest BCUT2D eigenvalue weighted by Gasteiger charge is 2.45. The van der Waals surface area contributed by atoms with Crippen molar-refractivity contribution in [2.24, 2.45) is 0 Å². The predicted molar refractivity (Wildman–Crippen MR) is 203 cm³/mol. The molecule has 312 valence electrons. The van der Waals surface area contributed by atoms with Crippen LogP contribution in [0.15, 0.2) is 48.5 Å². The second-order valence-electron chi connectivity index (χ2n) is 14.8. The molecule has 7 N–H and O–H groups in total. The molecule has 2 aliphatic rings. The highest BCUT2D eigenvalue weighted by atomic mass is 35.5. The topological polar surface area (TPSA) is 235 Å². The van der Waals surface area contributed by atoms with Gasteiger partial charge in [0.05, 0.1) is 5.54 Å². The lowest BCUT2D eigenvalue weighted by atomic mass is 9.91. The number of aromatic nitrogens is 3. The minimum absolute atomic E-state index is 0.0171. The number of rotatable bonds is 14. The number of alkyl halides is 3. The van der Waals surface area contributed by atoms with E-state index in [1.54, 1.807) is 32.9 Å². The number of amides is 4. The fourth-order valence-electron chi connectivity index (χ4n) is 5.93. The molecule has 4 amide bonds. The molecule has 0 aliphatic heterocycles. The zero-order valence-corrected chi connectivity index (χ0v) is 32.4. The van der Waals surface area contributed by atoms with Gasteiger partial charge in [-0.15, -0.1) is 0 Å². The highest BCUT2D eigenvalue weighted by Crippen LogP contribution is 2.48. The van der Waals surface area contributed by atoms with Gasteiger partial charge < -0.3 is 46.5 Å². The molecule has 2 aliphatic carbocycles. The monoisotopic (exact) mass is 833 g/mol. The van der Waals surface area contributed by atoms with E-state index in [2.05, 4.69) is 46.9 Å². The first kappa shape index (κ1) is 43.2. The van der Waals surface area contributed by atoms with Gasteiger partial charge in [0.2, 0.25) is 11.9 Å². The predicted octanol–water partition coefficient (Wildman–Crippen LogP) is 4.56. The number of carboxylic acids is 1. The van der Waals surface area contributed by atoms with E-state index in [4.69, 9.17) is 21.1 Å². The van der Waals surface area contributed by atoms with Crippen LogP contribution in [0.5, 0.6) is 6.01 Å². The maximum Gasteiger partial charge on any atom is 0.422 e. The summed E-state index contributed by atoms with van der Waals surface area (Å²) in [6, 6.07) is 9.88. The Morgan fingerprint density at radius 3 is 2.03 bits per heavy atom. The standard InChI is InChI=1S/C37H43ClF3N9O8/c1-35(2,3)58-34(56)45-25-14-12-23(13-15-25)43-29(53)28(52)42-18-26(30(54)55)46-27(51)20-4-10-24(11-5-20)44-31-47-32(49-33(48-31)57-19-37(39,40)41)50-36(16-17-36)21-6-8-22(38)9-7-21/h4-11,23,25-26H,12-19H2,1-3H3,(H,42,52)(H,43,53)(H,45,56)(H,46,51)(H,54,55)(H2,44,47,48,49,50)/t23?,25?,26-/m0/s1. The number of carbonyl (C=O) groups excluding carboxylic acids is 4. The number of anilines is 3. The molecule has 0 unspecified atom stereocenters. The quantitative estimate of drug-likeness (QED) is 0.111. The number of carboxylic acid groups (broad SMARTS) is 1. The molecule has 5 rings (SSSR count). The van der Waals surface area contributed by atoms with Crippen LogP contribution in [0.1, 0.15) is 75.2 Å². The number of ether oxygens (including phenoxy) is 2. The number of hydrogen-bond acceptors (Lipinski definition) is 12. The molecule has 17 nitrogen and oxygen atoms in total. The first-order valence-corrected chi connectivity index (χ1v) is 18.6. The third-order valence-corrected chi connectivity index (χ3v) is 9.19. The number of alkyl carbamates (subject to hydrolysis) is 1. The van der Waals surface area contributed by atoms with Crippen molar-refractivity contribution in [3.63, 3.8) is 0 Å². The van der Waals surface area contributed by atoms with E-state index < -0.39 is 72.3 Å². The Kier molecular flexibility index (Phi) is 13.5. The Labute approximate surface area is 335 Å². The van der Waals surface area contributed by atoms with Gasteiger partial charge in [0, 0.05) is 34.9 Å². The van der Waals surface area contributed by atoms with Crippen molar-refractivity contribution < 1.29 is 51.7 Å². The van der Waals surface area contributed by atoms with Gasteiger partial charge in [0.1, 0.15) is 11.6 Å². The van der Waals surface area contributed by atoms with Crippen LogP contribution in [0.25, 0.3) is 0 Å². The lowest BCUT2D eigenvalue weighted by Gasteiger charge is -2.30. The molecule has 3 aromatic rings. The smallest absolute Gasteiger partial charge is 0.422 e. The molecular weight excluding hydrogens is 791 g/mol. The number of nitrogens with one attached hydrogen (secondary N) is 6. The van der Waals surface area contributed by atoms with Gasteiger partial charge in [-0.2, -0.15) is 28.1 Å². The molecule has 1 aromatic heterocycles. The largest absolute Gasteiger partial charge is 0.480 e. The van der Waals surface area contributed by atoms with Gasteiger partial charge >= 0.3 is 36.1 Å². The average Bonchev–Trinajstić information content (AvgIpc) is 3.92. The van der Waals surface area contributed by atoms with Crippen LogP contribution in [-0.2, 0) is 24.7 Å². The van der Waals surface area contributed by atoms with Crippen LogP contribution < -0.4 is 36.6 Å². The van der Waals surface area contributed by atoms with Crippen molar-refractivity contribution in [2.75, 3.05) is 23.8 Å². The van der Waals surface area contributed by atoms with E-state index in [1.165, 1.54) is 24.3 Å². The van der Waals surface area contributed by atoms with Crippen molar-refractivity contribution in [3.05, 3.63) is 64.7 Å². The normalized spacial score (nSPS) is 17.8. The number of benzene rings is 2. The molecule has 1 atom stereocenters. The molecular formula is C37H43ClF3N9O8. The molecule has 1 heterocycles. The van der Waals surface area contributed by atoms with E-state index in [9.17, 15) is 42.3 Å². The Bertz CT molecular complexity index is 1970. The summed E-state index contributed by atoms with van der Waals surface area (Å²) >= 11 is 6.02. The van der Waals surface area contributed by atoms with Crippen LogP contribution in [0, 0.1) is 0 Å².